The second-order valence-corrected chi connectivity index (χ2v) is 3.89. The molecule has 17 heavy (non-hydrogen) atoms. The van der Waals surface area contributed by atoms with Gasteiger partial charge in [0.25, 0.3) is 0 Å². The summed E-state index contributed by atoms with van der Waals surface area (Å²) in [6.07, 6.45) is 8.43. The topological polar surface area (TPSA) is 54.9 Å². The molecule has 0 fully saturated rings. The molecular weight excluding hydrogens is 238 g/mol. The quantitative estimate of drug-likeness (QED) is 0.365. The zero-order valence-corrected chi connectivity index (χ0v) is 10.4. The number of nitrogens with one attached hydrogen (secondary N) is 1. The minimum Gasteiger partial charge on any atom is -0.369 e. The number of anilines is 1. The van der Waals surface area contributed by atoms with Crippen LogP contribution in [0.15, 0.2) is 0 Å². The lowest BCUT2D eigenvalue weighted by Gasteiger charge is -2.08. The van der Waals surface area contributed by atoms with Crippen LogP contribution in [0.25, 0.3) is 0 Å². The summed E-state index contributed by atoms with van der Waals surface area (Å²) < 4.78 is 0. The van der Waals surface area contributed by atoms with Gasteiger partial charge in [-0.3, -0.25) is 4.79 Å². The van der Waals surface area contributed by atoms with E-state index in [4.69, 9.17) is 18.0 Å². The van der Waals surface area contributed by atoms with Crippen LogP contribution in [-0.2, 0) is 0 Å². The van der Waals surface area contributed by atoms with Crippen molar-refractivity contribution in [3.63, 3.8) is 0 Å². The van der Waals surface area contributed by atoms with E-state index in [1.165, 1.54) is 0 Å². The van der Waals surface area contributed by atoms with Crippen LogP contribution in [0.3, 0.4) is 0 Å². The summed E-state index contributed by atoms with van der Waals surface area (Å²) in [5, 5.41) is 3.25. The Balaban J connectivity index is 2.64. The fourth-order valence-electron chi connectivity index (χ4n) is 1.35. The van der Waals surface area contributed by atoms with Gasteiger partial charge in [-0.1, -0.05) is 11.6 Å². The van der Waals surface area contributed by atoms with Gasteiger partial charge in [-0.25, -0.2) is 9.97 Å². The molecule has 1 aromatic heterocycles. The molecule has 90 valence electrons. The number of hydrogen-bond acceptors (Lipinski definition) is 4. The van der Waals surface area contributed by atoms with Gasteiger partial charge in [0.1, 0.15) is 16.8 Å². The number of unbranched alkanes of at least 4 members (excludes halogenated alkanes) is 2. The Bertz CT molecular complexity index is 440. The van der Waals surface area contributed by atoms with Crippen LogP contribution in [0.1, 0.15) is 35.4 Å². The molecule has 0 saturated carbocycles. The number of halogens is 1. The molecule has 0 aromatic carbocycles. The van der Waals surface area contributed by atoms with E-state index in [1.807, 2.05) is 0 Å². The number of carbonyl (C=O) groups is 1. The van der Waals surface area contributed by atoms with E-state index in [2.05, 4.69) is 21.2 Å². The van der Waals surface area contributed by atoms with Crippen LogP contribution in [0.2, 0.25) is 5.15 Å². The molecule has 1 aromatic rings. The largest absolute Gasteiger partial charge is 0.369 e. The van der Waals surface area contributed by atoms with E-state index in [9.17, 15) is 4.79 Å². The molecule has 0 aliphatic rings. The molecular formula is C12H14ClN3O. The van der Waals surface area contributed by atoms with Crippen molar-refractivity contribution in [1.29, 1.82) is 0 Å². The molecule has 0 radical (unpaired) electrons. The predicted octanol–water partition coefficient (Wildman–Crippen LogP) is 2.47. The number of hydrogen-bond donors (Lipinski definition) is 1. The molecule has 5 heteroatoms. The van der Waals surface area contributed by atoms with Gasteiger partial charge < -0.3 is 5.32 Å². The summed E-state index contributed by atoms with van der Waals surface area (Å²) in [6.45, 7) is 2.43. The molecule has 1 N–H and O–H groups in total. The van der Waals surface area contributed by atoms with Crippen molar-refractivity contribution >= 4 is 23.7 Å². The van der Waals surface area contributed by atoms with E-state index < -0.39 is 0 Å². The van der Waals surface area contributed by atoms with Crippen molar-refractivity contribution in [2.45, 2.75) is 26.2 Å². The Labute approximate surface area is 106 Å². The molecule has 0 saturated heterocycles. The van der Waals surface area contributed by atoms with Crippen LogP contribution in [0, 0.1) is 19.3 Å². The molecule has 0 aliphatic heterocycles. The highest BCUT2D eigenvalue weighted by molar-refractivity contribution is 6.32. The Morgan fingerprint density at radius 1 is 1.47 bits per heavy atom. The zero-order valence-electron chi connectivity index (χ0n) is 9.66. The summed E-state index contributed by atoms with van der Waals surface area (Å²) in [5.74, 6) is 3.59. The van der Waals surface area contributed by atoms with E-state index in [1.54, 1.807) is 6.92 Å². The highest BCUT2D eigenvalue weighted by Crippen LogP contribution is 2.18. The zero-order chi connectivity index (χ0) is 12.7. The van der Waals surface area contributed by atoms with Crippen LogP contribution >= 0.6 is 11.6 Å². The van der Waals surface area contributed by atoms with Gasteiger partial charge in [-0.05, 0) is 19.8 Å². The van der Waals surface area contributed by atoms with Gasteiger partial charge in [-0.2, -0.15) is 0 Å². The lowest BCUT2D eigenvalue weighted by atomic mass is 10.2. The Kier molecular flexibility index (Phi) is 5.44. The third-order valence-electron chi connectivity index (χ3n) is 2.17. The third kappa shape index (κ3) is 4.04. The maximum atomic E-state index is 10.9. The van der Waals surface area contributed by atoms with Crippen molar-refractivity contribution in [3.05, 3.63) is 16.5 Å². The smallest absolute Gasteiger partial charge is 0.156 e. The van der Waals surface area contributed by atoms with Crippen LogP contribution in [-0.4, -0.2) is 22.8 Å². The van der Waals surface area contributed by atoms with Crippen molar-refractivity contribution in [2.24, 2.45) is 0 Å². The average molecular weight is 252 g/mol. The molecule has 4 nitrogen and oxygen atoms in total. The predicted molar refractivity (Wildman–Crippen MR) is 68.3 cm³/mol. The van der Waals surface area contributed by atoms with E-state index in [0.717, 1.165) is 19.3 Å². The first-order valence-corrected chi connectivity index (χ1v) is 5.73. The Hall–Kier alpha value is -1.60. The second kappa shape index (κ2) is 6.87. The van der Waals surface area contributed by atoms with Gasteiger partial charge in [0.05, 0.1) is 5.56 Å². The van der Waals surface area contributed by atoms with Gasteiger partial charge in [0, 0.05) is 13.0 Å². The van der Waals surface area contributed by atoms with Gasteiger partial charge in [0.2, 0.25) is 0 Å². The highest BCUT2D eigenvalue weighted by atomic mass is 35.5. The van der Waals surface area contributed by atoms with Crippen LogP contribution in [0.5, 0.6) is 0 Å². The van der Waals surface area contributed by atoms with E-state index in [-0.39, 0.29) is 5.15 Å². The normalized spacial score (nSPS) is 9.71. The molecule has 0 amide bonds. The average Bonchev–Trinajstić information content (AvgIpc) is 2.28. The fraction of sp³-hybridized carbons (Fsp3) is 0.417. The van der Waals surface area contributed by atoms with E-state index >= 15 is 0 Å². The number of aryl methyl sites for hydroxylation is 1. The van der Waals surface area contributed by atoms with Gasteiger partial charge in [0.15, 0.2) is 6.29 Å². The van der Waals surface area contributed by atoms with Crippen LogP contribution < -0.4 is 5.32 Å². The SMILES string of the molecule is C#CCCCCNc1nc(C)nc(Cl)c1C=O. The first-order chi connectivity index (χ1) is 8.19. The summed E-state index contributed by atoms with van der Waals surface area (Å²) in [6, 6.07) is 0. The van der Waals surface area contributed by atoms with Crippen LogP contribution in [0.4, 0.5) is 5.82 Å². The Morgan fingerprint density at radius 2 is 2.24 bits per heavy atom. The Morgan fingerprint density at radius 3 is 2.88 bits per heavy atom. The summed E-state index contributed by atoms with van der Waals surface area (Å²) in [4.78, 5) is 18.9. The summed E-state index contributed by atoms with van der Waals surface area (Å²) in [7, 11) is 0. The van der Waals surface area contributed by atoms with Gasteiger partial charge >= 0.3 is 0 Å². The minimum atomic E-state index is 0.179. The number of terminal acetylenes is 1. The van der Waals surface area contributed by atoms with Crippen molar-refractivity contribution in [2.75, 3.05) is 11.9 Å². The molecule has 0 bridgehead atoms. The van der Waals surface area contributed by atoms with Crippen molar-refractivity contribution < 1.29 is 4.79 Å². The molecule has 1 rings (SSSR count). The first-order valence-electron chi connectivity index (χ1n) is 5.35. The third-order valence-corrected chi connectivity index (χ3v) is 2.46. The number of aldehydes is 1. The number of carbonyl (C=O) groups excluding carboxylic acids is 1. The molecule has 0 unspecified atom stereocenters. The number of nitrogens with zero attached hydrogens (tertiary/aromatic N) is 2. The molecule has 0 aliphatic carbocycles. The first kappa shape index (κ1) is 13.5. The maximum Gasteiger partial charge on any atom is 0.156 e. The molecule has 0 atom stereocenters. The summed E-state index contributed by atoms with van der Waals surface area (Å²) in [5.41, 5.74) is 0.300. The standard InChI is InChI=1S/C12H14ClN3O/c1-3-4-5-6-7-14-12-10(8-17)11(13)15-9(2)16-12/h1,8H,4-7H2,2H3,(H,14,15,16). The minimum absolute atomic E-state index is 0.179. The van der Waals surface area contributed by atoms with E-state index in [0.29, 0.717) is 30.0 Å². The van der Waals surface area contributed by atoms with Gasteiger partial charge in [-0.15, -0.1) is 12.3 Å². The monoisotopic (exact) mass is 251 g/mol. The maximum absolute atomic E-state index is 10.9. The fourth-order valence-corrected chi connectivity index (χ4v) is 1.60. The molecule has 1 heterocycles. The second-order valence-electron chi connectivity index (χ2n) is 3.53. The lowest BCUT2D eigenvalue weighted by molar-refractivity contribution is 0.112. The highest BCUT2D eigenvalue weighted by Gasteiger charge is 2.10. The summed E-state index contributed by atoms with van der Waals surface area (Å²) >= 11 is 5.85. The number of aromatic nitrogens is 2. The lowest BCUT2D eigenvalue weighted by Crippen LogP contribution is -2.08. The van der Waals surface area contributed by atoms with Crippen molar-refractivity contribution in [3.8, 4) is 12.3 Å². The number of rotatable bonds is 6. The molecule has 0 spiro atoms. The van der Waals surface area contributed by atoms with Crippen molar-refractivity contribution in [1.82, 2.24) is 9.97 Å².